The normalized spacial score (nSPS) is 13.5. The zero-order valence-corrected chi connectivity index (χ0v) is 14.0. The van der Waals surface area contributed by atoms with E-state index in [1.807, 2.05) is 0 Å². The van der Waals surface area contributed by atoms with Gasteiger partial charge in [-0.2, -0.15) is 0 Å². The van der Waals surface area contributed by atoms with Crippen molar-refractivity contribution in [1.82, 2.24) is 0 Å². The highest BCUT2D eigenvalue weighted by Gasteiger charge is 2.06. The minimum atomic E-state index is -0.678. The summed E-state index contributed by atoms with van der Waals surface area (Å²) in [5, 5.41) is 18.2. The SMILES string of the molecule is CCCCCCCCCCCCCCCC(O)/C(N)=C/O. The Morgan fingerprint density at radius 1 is 0.810 bits per heavy atom. The van der Waals surface area contributed by atoms with E-state index in [9.17, 15) is 5.11 Å². The van der Waals surface area contributed by atoms with Crippen molar-refractivity contribution in [3.05, 3.63) is 12.0 Å². The first kappa shape index (κ1) is 20.3. The summed E-state index contributed by atoms with van der Waals surface area (Å²) in [6.07, 6.45) is 17.9. The van der Waals surface area contributed by atoms with Crippen molar-refractivity contribution < 1.29 is 10.2 Å². The zero-order valence-electron chi connectivity index (χ0n) is 14.0. The summed E-state index contributed by atoms with van der Waals surface area (Å²) in [4.78, 5) is 0. The molecular formula is C18H37NO2. The summed E-state index contributed by atoms with van der Waals surface area (Å²) >= 11 is 0. The van der Waals surface area contributed by atoms with Gasteiger partial charge in [-0.1, -0.05) is 90.4 Å². The first-order valence-electron chi connectivity index (χ1n) is 9.00. The van der Waals surface area contributed by atoms with Crippen LogP contribution in [0, 0.1) is 0 Å². The number of unbranched alkanes of at least 4 members (excludes halogenated alkanes) is 12. The first-order chi connectivity index (χ1) is 10.2. The Hall–Kier alpha value is -0.700. The highest BCUT2D eigenvalue weighted by atomic mass is 16.3. The maximum absolute atomic E-state index is 9.54. The van der Waals surface area contributed by atoms with Crippen LogP contribution in [-0.2, 0) is 0 Å². The molecule has 0 saturated carbocycles. The van der Waals surface area contributed by atoms with Gasteiger partial charge in [0, 0.05) is 0 Å². The van der Waals surface area contributed by atoms with Crippen molar-refractivity contribution in [1.29, 1.82) is 0 Å². The number of aliphatic hydroxyl groups excluding tert-OH is 2. The summed E-state index contributed by atoms with van der Waals surface area (Å²) in [6, 6.07) is 0. The molecule has 3 heteroatoms. The average Bonchev–Trinajstić information content (AvgIpc) is 2.50. The largest absolute Gasteiger partial charge is 0.514 e. The zero-order chi connectivity index (χ0) is 15.8. The fourth-order valence-corrected chi connectivity index (χ4v) is 2.61. The fourth-order valence-electron chi connectivity index (χ4n) is 2.61. The molecule has 0 spiro atoms. The summed E-state index contributed by atoms with van der Waals surface area (Å²) < 4.78 is 0. The molecule has 0 saturated heterocycles. The van der Waals surface area contributed by atoms with Gasteiger partial charge in [-0.15, -0.1) is 0 Å². The number of nitrogens with two attached hydrogens (primary N) is 1. The van der Waals surface area contributed by atoms with Crippen molar-refractivity contribution in [2.75, 3.05) is 0 Å². The second-order valence-corrected chi connectivity index (χ2v) is 6.18. The van der Waals surface area contributed by atoms with Gasteiger partial charge < -0.3 is 15.9 Å². The Balaban J connectivity index is 3.12. The third kappa shape index (κ3) is 14.0. The van der Waals surface area contributed by atoms with Crippen LogP contribution in [0.3, 0.4) is 0 Å². The lowest BCUT2D eigenvalue weighted by Gasteiger charge is -2.09. The van der Waals surface area contributed by atoms with Crippen LogP contribution in [0.4, 0.5) is 0 Å². The van der Waals surface area contributed by atoms with E-state index in [1.54, 1.807) is 0 Å². The highest BCUT2D eigenvalue weighted by molar-refractivity contribution is 4.97. The molecule has 126 valence electrons. The van der Waals surface area contributed by atoms with E-state index in [0.717, 1.165) is 19.1 Å². The molecule has 0 aliphatic heterocycles. The quantitative estimate of drug-likeness (QED) is 0.288. The molecule has 0 amide bonds. The Morgan fingerprint density at radius 3 is 1.57 bits per heavy atom. The monoisotopic (exact) mass is 299 g/mol. The lowest BCUT2D eigenvalue weighted by molar-refractivity contribution is 0.190. The summed E-state index contributed by atoms with van der Waals surface area (Å²) in [6.45, 7) is 2.26. The van der Waals surface area contributed by atoms with Crippen LogP contribution in [0.2, 0.25) is 0 Å². The van der Waals surface area contributed by atoms with E-state index < -0.39 is 6.10 Å². The van der Waals surface area contributed by atoms with Gasteiger partial charge in [0.2, 0.25) is 0 Å². The van der Waals surface area contributed by atoms with Gasteiger partial charge in [0.1, 0.15) is 6.26 Å². The van der Waals surface area contributed by atoms with Gasteiger partial charge in [-0.05, 0) is 6.42 Å². The lowest BCUT2D eigenvalue weighted by Crippen LogP contribution is -2.17. The van der Waals surface area contributed by atoms with Gasteiger partial charge in [-0.25, -0.2) is 0 Å². The first-order valence-corrected chi connectivity index (χ1v) is 9.00. The summed E-state index contributed by atoms with van der Waals surface area (Å²) in [5.74, 6) is 0. The molecule has 0 aromatic heterocycles. The highest BCUT2D eigenvalue weighted by Crippen LogP contribution is 2.14. The van der Waals surface area contributed by atoms with Crippen LogP contribution in [0.5, 0.6) is 0 Å². The molecule has 1 atom stereocenters. The van der Waals surface area contributed by atoms with Crippen molar-refractivity contribution >= 4 is 0 Å². The van der Waals surface area contributed by atoms with Gasteiger partial charge in [-0.3, -0.25) is 0 Å². The van der Waals surface area contributed by atoms with Crippen LogP contribution in [0.25, 0.3) is 0 Å². The number of hydrogen-bond acceptors (Lipinski definition) is 3. The molecule has 0 aromatic carbocycles. The molecule has 3 nitrogen and oxygen atoms in total. The molecule has 0 fully saturated rings. The van der Waals surface area contributed by atoms with Crippen LogP contribution < -0.4 is 5.73 Å². The van der Waals surface area contributed by atoms with E-state index in [2.05, 4.69) is 6.92 Å². The molecule has 0 bridgehead atoms. The Morgan fingerprint density at radius 2 is 1.19 bits per heavy atom. The Kier molecular flexibility index (Phi) is 15.2. The number of hydrogen-bond donors (Lipinski definition) is 3. The Labute approximate surface area is 131 Å². The molecule has 0 aliphatic rings. The molecule has 0 radical (unpaired) electrons. The third-order valence-electron chi connectivity index (χ3n) is 4.11. The van der Waals surface area contributed by atoms with Gasteiger partial charge in [0.25, 0.3) is 0 Å². The number of rotatable bonds is 15. The minimum Gasteiger partial charge on any atom is -0.514 e. The summed E-state index contributed by atoms with van der Waals surface area (Å²) in [5.41, 5.74) is 5.60. The topological polar surface area (TPSA) is 66.5 Å². The van der Waals surface area contributed by atoms with Crippen molar-refractivity contribution in [3.63, 3.8) is 0 Å². The number of aliphatic hydroxyl groups is 2. The van der Waals surface area contributed by atoms with Crippen molar-refractivity contribution in [2.45, 2.75) is 103 Å². The Bertz CT molecular complexity index is 241. The van der Waals surface area contributed by atoms with Gasteiger partial charge in [0.15, 0.2) is 0 Å². The molecule has 0 aliphatic carbocycles. The second-order valence-electron chi connectivity index (χ2n) is 6.18. The molecule has 0 aromatic rings. The van der Waals surface area contributed by atoms with Crippen LogP contribution >= 0.6 is 0 Å². The standard InChI is InChI=1S/C18H37NO2/c1-2-3-4-5-6-7-8-9-10-11-12-13-14-15-18(21)17(19)16-20/h16,18,20-21H,2-15,19H2,1H3/b17-16-. The minimum absolute atomic E-state index is 0.175. The van der Waals surface area contributed by atoms with Crippen LogP contribution in [-0.4, -0.2) is 16.3 Å². The van der Waals surface area contributed by atoms with Crippen LogP contribution in [0.15, 0.2) is 12.0 Å². The molecule has 4 N–H and O–H groups in total. The molecule has 0 rings (SSSR count). The predicted octanol–water partition coefficient (Wildman–Crippen LogP) is 5.19. The third-order valence-corrected chi connectivity index (χ3v) is 4.11. The smallest absolute Gasteiger partial charge is 0.101 e. The van der Waals surface area contributed by atoms with E-state index in [1.165, 1.54) is 70.6 Å². The molecular weight excluding hydrogens is 262 g/mol. The van der Waals surface area contributed by atoms with E-state index in [0.29, 0.717) is 6.42 Å². The average molecular weight is 299 g/mol. The fraction of sp³-hybridized carbons (Fsp3) is 0.889. The molecule has 21 heavy (non-hydrogen) atoms. The van der Waals surface area contributed by atoms with Crippen molar-refractivity contribution in [3.8, 4) is 0 Å². The second kappa shape index (κ2) is 15.7. The molecule has 1 unspecified atom stereocenters. The maximum Gasteiger partial charge on any atom is 0.101 e. The molecule has 0 heterocycles. The van der Waals surface area contributed by atoms with E-state index >= 15 is 0 Å². The van der Waals surface area contributed by atoms with Crippen molar-refractivity contribution in [2.24, 2.45) is 5.73 Å². The van der Waals surface area contributed by atoms with Crippen LogP contribution in [0.1, 0.15) is 96.8 Å². The summed E-state index contributed by atoms with van der Waals surface area (Å²) in [7, 11) is 0. The lowest BCUT2D eigenvalue weighted by atomic mass is 10.0. The van der Waals surface area contributed by atoms with E-state index in [4.69, 9.17) is 10.8 Å². The maximum atomic E-state index is 9.54. The predicted molar refractivity (Wildman–Crippen MR) is 91.2 cm³/mol. The van der Waals surface area contributed by atoms with Gasteiger partial charge >= 0.3 is 0 Å². The van der Waals surface area contributed by atoms with Gasteiger partial charge in [0.05, 0.1) is 11.8 Å². The van der Waals surface area contributed by atoms with E-state index in [-0.39, 0.29) is 5.70 Å².